The van der Waals surface area contributed by atoms with Crippen molar-refractivity contribution < 1.29 is 9.53 Å². The lowest BCUT2D eigenvalue weighted by atomic mass is 10.1. The fourth-order valence-electron chi connectivity index (χ4n) is 2.72. The lowest BCUT2D eigenvalue weighted by Gasteiger charge is -2.32. The zero-order chi connectivity index (χ0) is 15.2. The molecular formula is C17H26N2O2. The van der Waals surface area contributed by atoms with Gasteiger partial charge in [-0.1, -0.05) is 0 Å². The molecule has 1 heterocycles. The summed E-state index contributed by atoms with van der Waals surface area (Å²) in [4.78, 5) is 16.6. The summed E-state index contributed by atoms with van der Waals surface area (Å²) in [7, 11) is 2.05. The van der Waals surface area contributed by atoms with E-state index in [1.54, 1.807) is 0 Å². The van der Waals surface area contributed by atoms with Crippen LogP contribution >= 0.6 is 0 Å². The van der Waals surface area contributed by atoms with Gasteiger partial charge in [0.05, 0.1) is 6.10 Å². The summed E-state index contributed by atoms with van der Waals surface area (Å²) in [5.41, 5.74) is 1.90. The molecule has 0 saturated carbocycles. The molecule has 0 N–H and O–H groups in total. The number of carbonyl (C=O) groups is 1. The van der Waals surface area contributed by atoms with Crippen LogP contribution in [0, 0.1) is 0 Å². The third-order valence-electron chi connectivity index (χ3n) is 4.10. The second-order valence-electron chi connectivity index (χ2n) is 5.53. The molecule has 1 saturated heterocycles. The highest BCUT2D eigenvalue weighted by Crippen LogP contribution is 2.18. The molecule has 0 aliphatic carbocycles. The Bertz CT molecular complexity index is 456. The van der Waals surface area contributed by atoms with Crippen molar-refractivity contribution in [1.82, 2.24) is 4.90 Å². The summed E-state index contributed by atoms with van der Waals surface area (Å²) in [5.74, 6) is 0.116. The normalized spacial score (nSPS) is 18.6. The zero-order valence-electron chi connectivity index (χ0n) is 13.3. The van der Waals surface area contributed by atoms with Gasteiger partial charge in [0.15, 0.2) is 0 Å². The minimum Gasteiger partial charge on any atom is -0.377 e. The topological polar surface area (TPSA) is 32.8 Å². The van der Waals surface area contributed by atoms with Gasteiger partial charge in [-0.25, -0.2) is 0 Å². The van der Waals surface area contributed by atoms with Gasteiger partial charge in [0.1, 0.15) is 0 Å². The molecule has 21 heavy (non-hydrogen) atoms. The number of rotatable bonds is 5. The summed E-state index contributed by atoms with van der Waals surface area (Å²) < 4.78 is 5.66. The highest BCUT2D eigenvalue weighted by atomic mass is 16.5. The van der Waals surface area contributed by atoms with Crippen molar-refractivity contribution in [2.75, 3.05) is 38.2 Å². The van der Waals surface area contributed by atoms with Gasteiger partial charge in [-0.3, -0.25) is 4.79 Å². The smallest absolute Gasteiger partial charge is 0.253 e. The van der Waals surface area contributed by atoms with E-state index in [1.165, 1.54) is 0 Å². The molecule has 4 nitrogen and oxygen atoms in total. The van der Waals surface area contributed by atoms with Crippen LogP contribution in [0.4, 0.5) is 5.69 Å². The fraction of sp³-hybridized carbons (Fsp3) is 0.588. The van der Waals surface area contributed by atoms with Crippen molar-refractivity contribution in [2.24, 2.45) is 0 Å². The number of anilines is 1. The average Bonchev–Trinajstić information content (AvgIpc) is 2.54. The Morgan fingerprint density at radius 2 is 2.05 bits per heavy atom. The van der Waals surface area contributed by atoms with Gasteiger partial charge in [0.2, 0.25) is 0 Å². The van der Waals surface area contributed by atoms with Crippen molar-refractivity contribution in [3.8, 4) is 0 Å². The minimum absolute atomic E-state index is 0.116. The lowest BCUT2D eigenvalue weighted by molar-refractivity contribution is 0.00724. The first-order chi connectivity index (χ1) is 10.2. The SMILES string of the molecule is CCOC1CCCN(C(=O)c2ccc(N(C)CC)cc2)C1. The number of likely N-dealkylation sites (tertiary alicyclic amines) is 1. The summed E-state index contributed by atoms with van der Waals surface area (Å²) >= 11 is 0. The van der Waals surface area contributed by atoms with Crippen LogP contribution in [0.15, 0.2) is 24.3 Å². The second-order valence-corrected chi connectivity index (χ2v) is 5.53. The Labute approximate surface area is 127 Å². The Kier molecular flexibility index (Phi) is 5.62. The van der Waals surface area contributed by atoms with E-state index in [2.05, 4.69) is 11.8 Å². The summed E-state index contributed by atoms with van der Waals surface area (Å²) in [5, 5.41) is 0. The fourth-order valence-corrected chi connectivity index (χ4v) is 2.72. The third kappa shape index (κ3) is 3.97. The number of hydrogen-bond donors (Lipinski definition) is 0. The lowest BCUT2D eigenvalue weighted by Crippen LogP contribution is -2.43. The van der Waals surface area contributed by atoms with E-state index in [4.69, 9.17) is 4.74 Å². The van der Waals surface area contributed by atoms with Crippen LogP contribution in [0.3, 0.4) is 0 Å². The molecule has 1 unspecified atom stereocenters. The third-order valence-corrected chi connectivity index (χ3v) is 4.10. The van der Waals surface area contributed by atoms with Crippen LogP contribution in [0.25, 0.3) is 0 Å². The van der Waals surface area contributed by atoms with Crippen LogP contribution in [0.1, 0.15) is 37.0 Å². The molecule has 0 radical (unpaired) electrons. The molecule has 1 aliphatic rings. The van der Waals surface area contributed by atoms with Gasteiger partial charge in [-0.2, -0.15) is 0 Å². The molecule has 2 rings (SSSR count). The highest BCUT2D eigenvalue weighted by Gasteiger charge is 2.24. The number of benzene rings is 1. The number of carbonyl (C=O) groups excluding carboxylic acids is 1. The Balaban J connectivity index is 2.02. The maximum absolute atomic E-state index is 12.6. The molecular weight excluding hydrogens is 264 g/mol. The number of piperidine rings is 1. The van der Waals surface area contributed by atoms with E-state index in [-0.39, 0.29) is 12.0 Å². The van der Waals surface area contributed by atoms with Crippen molar-refractivity contribution in [1.29, 1.82) is 0 Å². The number of ether oxygens (including phenoxy) is 1. The van der Waals surface area contributed by atoms with Gasteiger partial charge in [0, 0.05) is 44.5 Å². The quantitative estimate of drug-likeness (QED) is 0.836. The van der Waals surface area contributed by atoms with E-state index in [9.17, 15) is 4.79 Å². The van der Waals surface area contributed by atoms with Gasteiger partial charge < -0.3 is 14.5 Å². The van der Waals surface area contributed by atoms with E-state index in [0.717, 1.165) is 37.2 Å². The predicted molar refractivity (Wildman–Crippen MR) is 85.9 cm³/mol. The Hall–Kier alpha value is -1.55. The van der Waals surface area contributed by atoms with Gasteiger partial charge in [-0.15, -0.1) is 0 Å². The molecule has 1 fully saturated rings. The van der Waals surface area contributed by atoms with Crippen LogP contribution in [-0.4, -0.2) is 50.2 Å². The van der Waals surface area contributed by atoms with Crippen LogP contribution in [-0.2, 0) is 4.74 Å². The Morgan fingerprint density at radius 3 is 2.67 bits per heavy atom. The maximum atomic E-state index is 12.6. The number of amides is 1. The van der Waals surface area contributed by atoms with Crippen molar-refractivity contribution in [3.63, 3.8) is 0 Å². The van der Waals surface area contributed by atoms with E-state index < -0.39 is 0 Å². The molecule has 1 aromatic rings. The van der Waals surface area contributed by atoms with Gasteiger partial charge in [-0.05, 0) is 51.0 Å². The maximum Gasteiger partial charge on any atom is 0.253 e. The van der Waals surface area contributed by atoms with Crippen molar-refractivity contribution >= 4 is 11.6 Å². The van der Waals surface area contributed by atoms with Crippen LogP contribution in [0.2, 0.25) is 0 Å². The molecule has 4 heteroatoms. The standard InChI is InChI=1S/C17H26N2O2/c1-4-18(3)15-10-8-14(9-11-15)17(20)19-12-6-7-16(13-19)21-5-2/h8-11,16H,4-7,12-13H2,1-3H3. The summed E-state index contributed by atoms with van der Waals surface area (Å²) in [6.45, 7) is 7.33. The number of nitrogens with zero attached hydrogens (tertiary/aromatic N) is 2. The van der Waals surface area contributed by atoms with Gasteiger partial charge >= 0.3 is 0 Å². The van der Waals surface area contributed by atoms with E-state index in [0.29, 0.717) is 13.2 Å². The molecule has 1 atom stereocenters. The highest BCUT2D eigenvalue weighted by molar-refractivity contribution is 5.94. The van der Waals surface area contributed by atoms with Gasteiger partial charge in [0.25, 0.3) is 5.91 Å². The number of hydrogen-bond acceptors (Lipinski definition) is 3. The van der Waals surface area contributed by atoms with E-state index in [1.807, 2.05) is 43.1 Å². The largest absolute Gasteiger partial charge is 0.377 e. The molecule has 1 aromatic carbocycles. The van der Waals surface area contributed by atoms with Crippen molar-refractivity contribution in [2.45, 2.75) is 32.8 Å². The minimum atomic E-state index is 0.116. The monoisotopic (exact) mass is 290 g/mol. The summed E-state index contributed by atoms with van der Waals surface area (Å²) in [6.07, 6.45) is 2.27. The van der Waals surface area contributed by atoms with Crippen LogP contribution < -0.4 is 4.90 Å². The molecule has 0 aromatic heterocycles. The molecule has 1 aliphatic heterocycles. The average molecular weight is 290 g/mol. The van der Waals surface area contributed by atoms with Crippen LogP contribution in [0.5, 0.6) is 0 Å². The van der Waals surface area contributed by atoms with Crippen molar-refractivity contribution in [3.05, 3.63) is 29.8 Å². The van der Waals surface area contributed by atoms with E-state index >= 15 is 0 Å². The molecule has 0 spiro atoms. The first-order valence-electron chi connectivity index (χ1n) is 7.87. The molecule has 0 bridgehead atoms. The Morgan fingerprint density at radius 1 is 1.33 bits per heavy atom. The molecule has 1 amide bonds. The first-order valence-corrected chi connectivity index (χ1v) is 7.87. The first kappa shape index (κ1) is 15.8. The second kappa shape index (κ2) is 7.46. The predicted octanol–water partition coefficient (Wildman–Crippen LogP) is 2.78. The zero-order valence-corrected chi connectivity index (χ0v) is 13.3. The molecule has 116 valence electrons. The summed E-state index contributed by atoms with van der Waals surface area (Å²) in [6, 6.07) is 7.88.